The van der Waals surface area contributed by atoms with Gasteiger partial charge >= 0.3 is 12.1 Å². The number of hydrogen-bond acceptors (Lipinski definition) is 12. The Morgan fingerprint density at radius 3 is 1.74 bits per heavy atom. The number of morpholine rings is 2. The number of aliphatic hydroxyl groups excluding tert-OH is 1. The van der Waals surface area contributed by atoms with Crippen molar-refractivity contribution in [2.75, 3.05) is 119 Å². The zero-order valence-electron chi connectivity index (χ0n) is 39.8. The molecule has 5 N–H and O–H groups in total. The standard InChI is InChI=1S/C47H77N9O9/c1-8-62-30-31-65-39-16-14-38(15-17-39)33-56(51-45(59)43(36(4)5)50-47(61)53(7)19-21-55-24-28-64-29-25-55)34-41(57)40(32-37-12-10-9-11-13-37)48-44(58)42(35(2)3)49-46(60)52(6)18-20-54-22-26-63-27-23-54/h9-17,35-36,40-43,57H,8,18-34H2,1-7H3,(H,48,58)(H,49,60)(H,50,61)(H,51,59)/t40-,41-,42-,43-/m0/s1. The third-order valence-electron chi connectivity index (χ3n) is 11.6. The number of nitrogens with one attached hydrogen (secondary N) is 4. The molecule has 0 saturated carbocycles. The van der Waals surface area contributed by atoms with E-state index in [1.807, 2.05) is 89.2 Å². The molecule has 0 aromatic heterocycles. The molecule has 0 spiro atoms. The first-order chi connectivity index (χ1) is 31.2. The molecule has 4 atom stereocenters. The van der Waals surface area contributed by atoms with Crippen LogP contribution >= 0.6 is 0 Å². The monoisotopic (exact) mass is 912 g/mol. The predicted octanol–water partition coefficient (Wildman–Crippen LogP) is 2.02. The van der Waals surface area contributed by atoms with Crippen LogP contribution in [0.2, 0.25) is 0 Å². The van der Waals surface area contributed by atoms with Crippen LogP contribution < -0.4 is 26.1 Å². The molecule has 2 heterocycles. The molecule has 2 saturated heterocycles. The number of hydrazine groups is 1. The number of aliphatic hydroxyl groups is 1. The summed E-state index contributed by atoms with van der Waals surface area (Å²) in [5, 5.41) is 22.7. The maximum absolute atomic E-state index is 14.2. The summed E-state index contributed by atoms with van der Waals surface area (Å²) in [6.45, 7) is 19.1. The molecule has 18 nitrogen and oxygen atoms in total. The van der Waals surface area contributed by atoms with E-state index >= 15 is 0 Å². The number of carbonyl (C=O) groups is 4. The van der Waals surface area contributed by atoms with Gasteiger partial charge in [0.2, 0.25) is 5.91 Å². The van der Waals surface area contributed by atoms with Crippen molar-refractivity contribution in [1.29, 1.82) is 0 Å². The number of likely N-dealkylation sites (N-methyl/N-ethyl adjacent to an activating group) is 2. The van der Waals surface area contributed by atoms with Crippen molar-refractivity contribution in [3.05, 3.63) is 65.7 Å². The van der Waals surface area contributed by atoms with Gasteiger partial charge in [-0.05, 0) is 48.4 Å². The first-order valence-corrected chi connectivity index (χ1v) is 23.2. The van der Waals surface area contributed by atoms with Gasteiger partial charge < -0.3 is 49.8 Å². The summed E-state index contributed by atoms with van der Waals surface area (Å²) in [5.41, 5.74) is 4.69. The minimum Gasteiger partial charge on any atom is -0.491 e. The summed E-state index contributed by atoms with van der Waals surface area (Å²) in [6, 6.07) is 13.6. The molecule has 0 unspecified atom stereocenters. The molecule has 65 heavy (non-hydrogen) atoms. The molecule has 364 valence electrons. The lowest BCUT2D eigenvalue weighted by Crippen LogP contribution is -2.60. The quantitative estimate of drug-likeness (QED) is 0.0684. The van der Waals surface area contributed by atoms with E-state index in [0.717, 1.165) is 37.3 Å². The highest BCUT2D eigenvalue weighted by Crippen LogP contribution is 2.16. The second-order valence-corrected chi connectivity index (χ2v) is 17.5. The van der Waals surface area contributed by atoms with Gasteiger partial charge in [0.1, 0.15) is 24.4 Å². The Morgan fingerprint density at radius 2 is 1.23 bits per heavy atom. The number of carbonyl (C=O) groups excluding carboxylic acids is 4. The third-order valence-corrected chi connectivity index (χ3v) is 11.6. The summed E-state index contributed by atoms with van der Waals surface area (Å²) >= 11 is 0. The lowest BCUT2D eigenvalue weighted by molar-refractivity contribution is -0.131. The van der Waals surface area contributed by atoms with Gasteiger partial charge in [-0.25, -0.2) is 14.6 Å². The van der Waals surface area contributed by atoms with Gasteiger partial charge in [-0.3, -0.25) is 24.8 Å². The van der Waals surface area contributed by atoms with Crippen LogP contribution in [-0.4, -0.2) is 197 Å². The molecule has 2 aromatic rings. The highest BCUT2D eigenvalue weighted by Gasteiger charge is 2.33. The number of hydrogen-bond donors (Lipinski definition) is 5. The average molecular weight is 912 g/mol. The first-order valence-electron chi connectivity index (χ1n) is 23.2. The fourth-order valence-corrected chi connectivity index (χ4v) is 7.42. The van der Waals surface area contributed by atoms with Gasteiger partial charge in [-0.1, -0.05) is 70.2 Å². The van der Waals surface area contributed by atoms with E-state index in [9.17, 15) is 24.3 Å². The van der Waals surface area contributed by atoms with Crippen molar-refractivity contribution in [3.8, 4) is 5.75 Å². The fraction of sp³-hybridized carbons (Fsp3) is 0.660. The topological polar surface area (TPSA) is 190 Å². The highest BCUT2D eigenvalue weighted by atomic mass is 16.5. The van der Waals surface area contributed by atoms with E-state index < -0.39 is 36.0 Å². The number of urea groups is 2. The van der Waals surface area contributed by atoms with Crippen LogP contribution in [0.1, 0.15) is 45.7 Å². The summed E-state index contributed by atoms with van der Waals surface area (Å²) in [6.07, 6.45) is -0.943. The molecule has 4 rings (SSSR count). The molecule has 6 amide bonds. The second kappa shape index (κ2) is 28.5. The first kappa shape index (κ1) is 53.1. The van der Waals surface area contributed by atoms with E-state index in [0.29, 0.717) is 78.2 Å². The van der Waals surface area contributed by atoms with Crippen LogP contribution in [-0.2, 0) is 36.8 Å². The Bertz CT molecular complexity index is 1700. The summed E-state index contributed by atoms with van der Waals surface area (Å²) in [4.78, 5) is 62.9. The normalized spacial score (nSPS) is 16.7. The lowest BCUT2D eigenvalue weighted by Gasteiger charge is -2.34. The maximum Gasteiger partial charge on any atom is 0.317 e. The molecule has 18 heteroatoms. The molecular weight excluding hydrogens is 835 g/mol. The zero-order chi connectivity index (χ0) is 47.1. The summed E-state index contributed by atoms with van der Waals surface area (Å²) in [5.74, 6) is -0.791. The molecule has 0 bridgehead atoms. The minimum absolute atomic E-state index is 0.0999. The van der Waals surface area contributed by atoms with Crippen molar-refractivity contribution in [2.24, 2.45) is 11.8 Å². The number of nitrogens with zero attached hydrogens (tertiary/aromatic N) is 5. The Hall–Kier alpha value is -4.56. The smallest absolute Gasteiger partial charge is 0.317 e. The third kappa shape index (κ3) is 19.1. The highest BCUT2D eigenvalue weighted by molar-refractivity contribution is 5.88. The zero-order valence-corrected chi connectivity index (χ0v) is 39.8. The van der Waals surface area contributed by atoms with Gasteiger partial charge in [0.25, 0.3) is 5.91 Å². The number of rotatable bonds is 26. The fourth-order valence-electron chi connectivity index (χ4n) is 7.42. The van der Waals surface area contributed by atoms with Crippen LogP contribution in [0.25, 0.3) is 0 Å². The molecule has 2 aromatic carbocycles. The van der Waals surface area contributed by atoms with Gasteiger partial charge in [0.05, 0.1) is 45.2 Å². The molecule has 2 fully saturated rings. The van der Waals surface area contributed by atoms with Gasteiger partial charge in [-0.15, -0.1) is 0 Å². The van der Waals surface area contributed by atoms with E-state index in [4.69, 9.17) is 18.9 Å². The Balaban J connectivity index is 1.51. The largest absolute Gasteiger partial charge is 0.491 e. The maximum atomic E-state index is 14.2. The van der Waals surface area contributed by atoms with E-state index in [1.54, 1.807) is 28.9 Å². The average Bonchev–Trinajstić information content (AvgIpc) is 3.30. The molecule has 0 aliphatic carbocycles. The van der Waals surface area contributed by atoms with Crippen LogP contribution in [0, 0.1) is 11.8 Å². The van der Waals surface area contributed by atoms with Crippen LogP contribution in [0.5, 0.6) is 5.75 Å². The van der Waals surface area contributed by atoms with Crippen molar-refractivity contribution in [3.63, 3.8) is 0 Å². The summed E-state index contributed by atoms with van der Waals surface area (Å²) < 4.78 is 22.1. The number of amides is 6. The predicted molar refractivity (Wildman–Crippen MR) is 249 cm³/mol. The van der Waals surface area contributed by atoms with E-state index in [-0.39, 0.29) is 43.4 Å². The molecular formula is C47H77N9O9. The van der Waals surface area contributed by atoms with Crippen LogP contribution in [0.3, 0.4) is 0 Å². The summed E-state index contributed by atoms with van der Waals surface area (Å²) in [7, 11) is 3.42. The Kier molecular flexibility index (Phi) is 23.2. The van der Waals surface area contributed by atoms with Gasteiger partial charge in [0, 0.05) is 86.1 Å². The Morgan fingerprint density at radius 1 is 0.708 bits per heavy atom. The molecule has 0 radical (unpaired) electrons. The van der Waals surface area contributed by atoms with Crippen molar-refractivity contribution in [1.82, 2.24) is 46.0 Å². The van der Waals surface area contributed by atoms with Gasteiger partial charge in [-0.2, -0.15) is 0 Å². The minimum atomic E-state index is -1.21. The van der Waals surface area contributed by atoms with Crippen LogP contribution in [0.15, 0.2) is 54.6 Å². The van der Waals surface area contributed by atoms with Crippen molar-refractivity contribution in [2.45, 2.75) is 71.8 Å². The SMILES string of the molecule is CCOCCOc1ccc(CN(C[C@H](O)[C@H](Cc2ccccc2)NC(=O)[C@@H](NC(=O)N(C)CCN2CCOCC2)C(C)C)NC(=O)[C@@H](NC(=O)N(C)CCN2CCOCC2)C(C)C)cc1. The number of ether oxygens (including phenoxy) is 4. The van der Waals surface area contributed by atoms with Crippen molar-refractivity contribution < 1.29 is 43.2 Å². The Labute approximate surface area is 386 Å². The molecule has 2 aliphatic rings. The second-order valence-electron chi connectivity index (χ2n) is 17.5. The molecule has 2 aliphatic heterocycles. The van der Waals surface area contributed by atoms with Crippen LogP contribution in [0.4, 0.5) is 9.59 Å². The van der Waals surface area contributed by atoms with E-state index in [2.05, 4.69) is 31.2 Å². The van der Waals surface area contributed by atoms with E-state index in [1.165, 1.54) is 0 Å². The number of benzene rings is 2. The lowest BCUT2D eigenvalue weighted by atomic mass is 9.98. The van der Waals surface area contributed by atoms with Gasteiger partial charge in [0.15, 0.2) is 0 Å². The van der Waals surface area contributed by atoms with Crippen molar-refractivity contribution >= 4 is 23.9 Å².